The van der Waals surface area contributed by atoms with E-state index >= 15 is 0 Å². The molecule has 0 unspecified atom stereocenters. The van der Waals surface area contributed by atoms with Crippen molar-refractivity contribution in [1.82, 2.24) is 10.3 Å². The highest BCUT2D eigenvalue weighted by molar-refractivity contribution is 5.97. The Morgan fingerprint density at radius 2 is 2.35 bits per heavy atom. The molecule has 1 amide bonds. The van der Waals surface area contributed by atoms with Crippen LogP contribution in [0.3, 0.4) is 0 Å². The molecular formula is C14H12N4O2. The number of rotatable bonds is 5. The number of amides is 1. The fourth-order valence-corrected chi connectivity index (χ4v) is 1.43. The van der Waals surface area contributed by atoms with E-state index < -0.39 is 5.91 Å². The summed E-state index contributed by atoms with van der Waals surface area (Å²) in [7, 11) is 0. The van der Waals surface area contributed by atoms with Crippen molar-refractivity contribution in [1.29, 1.82) is 5.26 Å². The van der Waals surface area contributed by atoms with E-state index in [0.29, 0.717) is 11.4 Å². The molecule has 0 aliphatic carbocycles. The van der Waals surface area contributed by atoms with Crippen LogP contribution in [0.2, 0.25) is 0 Å². The minimum atomic E-state index is -0.472. The van der Waals surface area contributed by atoms with Gasteiger partial charge in [-0.25, -0.2) is 0 Å². The van der Waals surface area contributed by atoms with Crippen LogP contribution >= 0.6 is 0 Å². The maximum absolute atomic E-state index is 11.8. The topological polar surface area (TPSA) is 91.0 Å². The standard InChI is InChI=1S/C14H12N4O2/c15-7-11(8-17-12-3-1-5-16-9-12)14(19)18-10-13-4-2-6-20-13/h1-6,8-9,17H,10H2,(H,18,19)/b11-8-. The van der Waals surface area contributed by atoms with Crippen molar-refractivity contribution >= 4 is 11.6 Å². The quantitative estimate of drug-likeness (QED) is 0.637. The molecule has 2 aromatic heterocycles. The predicted octanol–water partition coefficient (Wildman–Crippen LogP) is 1.81. The van der Waals surface area contributed by atoms with Crippen LogP contribution in [0.15, 0.2) is 59.1 Å². The van der Waals surface area contributed by atoms with E-state index in [1.807, 2.05) is 6.07 Å². The van der Waals surface area contributed by atoms with Gasteiger partial charge in [0, 0.05) is 12.4 Å². The van der Waals surface area contributed by atoms with Gasteiger partial charge in [-0.05, 0) is 24.3 Å². The summed E-state index contributed by atoms with van der Waals surface area (Å²) in [5, 5.41) is 14.4. The summed E-state index contributed by atoms with van der Waals surface area (Å²) in [6.07, 6.45) is 6.09. The van der Waals surface area contributed by atoms with Gasteiger partial charge in [-0.1, -0.05) is 0 Å². The molecule has 0 aliphatic heterocycles. The van der Waals surface area contributed by atoms with E-state index in [1.54, 1.807) is 36.7 Å². The summed E-state index contributed by atoms with van der Waals surface area (Å²) in [5.41, 5.74) is 0.666. The van der Waals surface area contributed by atoms with Crippen LogP contribution < -0.4 is 10.6 Å². The first-order valence-corrected chi connectivity index (χ1v) is 5.87. The first-order chi connectivity index (χ1) is 9.79. The highest BCUT2D eigenvalue weighted by Gasteiger charge is 2.08. The Kier molecular flexibility index (Phi) is 4.51. The largest absolute Gasteiger partial charge is 0.467 e. The lowest BCUT2D eigenvalue weighted by Crippen LogP contribution is -2.24. The predicted molar refractivity (Wildman–Crippen MR) is 72.1 cm³/mol. The molecule has 100 valence electrons. The number of carbonyl (C=O) groups excluding carboxylic acids is 1. The molecule has 0 aliphatic rings. The van der Waals surface area contributed by atoms with E-state index in [0.717, 1.165) is 0 Å². The zero-order valence-electron chi connectivity index (χ0n) is 10.5. The summed E-state index contributed by atoms with van der Waals surface area (Å²) in [5.74, 6) is 0.149. The number of nitrogens with one attached hydrogen (secondary N) is 2. The Hall–Kier alpha value is -3.07. The molecule has 0 fully saturated rings. The number of anilines is 1. The molecule has 0 radical (unpaired) electrons. The molecule has 2 aromatic rings. The van der Waals surface area contributed by atoms with Crippen molar-refractivity contribution in [3.05, 3.63) is 60.5 Å². The third-order valence-corrected chi connectivity index (χ3v) is 2.41. The Morgan fingerprint density at radius 1 is 1.45 bits per heavy atom. The lowest BCUT2D eigenvalue weighted by molar-refractivity contribution is -0.117. The number of hydrogen-bond acceptors (Lipinski definition) is 5. The second-order valence-corrected chi connectivity index (χ2v) is 3.82. The van der Waals surface area contributed by atoms with Crippen molar-refractivity contribution in [2.45, 2.75) is 6.54 Å². The highest BCUT2D eigenvalue weighted by Crippen LogP contribution is 2.04. The zero-order chi connectivity index (χ0) is 14.2. The third-order valence-electron chi connectivity index (χ3n) is 2.41. The average molecular weight is 268 g/mol. The van der Waals surface area contributed by atoms with Gasteiger partial charge in [0.25, 0.3) is 5.91 Å². The molecule has 2 heterocycles. The Morgan fingerprint density at radius 3 is 3.00 bits per heavy atom. The second kappa shape index (κ2) is 6.75. The van der Waals surface area contributed by atoms with Crippen molar-refractivity contribution in [3.63, 3.8) is 0 Å². The van der Waals surface area contributed by atoms with Crippen LogP contribution in [0.4, 0.5) is 5.69 Å². The van der Waals surface area contributed by atoms with Gasteiger partial charge in [-0.3, -0.25) is 9.78 Å². The summed E-state index contributed by atoms with van der Waals surface area (Å²) in [6, 6.07) is 8.83. The Bertz CT molecular complexity index is 627. The molecule has 6 nitrogen and oxygen atoms in total. The molecule has 0 saturated carbocycles. The minimum absolute atomic E-state index is 0.0274. The Labute approximate surface area is 115 Å². The number of hydrogen-bond donors (Lipinski definition) is 2. The van der Waals surface area contributed by atoms with Gasteiger partial charge in [0.2, 0.25) is 0 Å². The molecule has 20 heavy (non-hydrogen) atoms. The van der Waals surface area contributed by atoms with Crippen LogP contribution in [0, 0.1) is 11.3 Å². The first kappa shape index (κ1) is 13.4. The lowest BCUT2D eigenvalue weighted by atomic mass is 10.3. The van der Waals surface area contributed by atoms with Crippen LogP contribution in [0.25, 0.3) is 0 Å². The number of pyridine rings is 1. The van der Waals surface area contributed by atoms with Crippen LogP contribution in [0.5, 0.6) is 0 Å². The zero-order valence-corrected chi connectivity index (χ0v) is 10.5. The molecule has 0 spiro atoms. The van der Waals surface area contributed by atoms with Gasteiger partial charge in [0.1, 0.15) is 17.4 Å². The normalized spacial score (nSPS) is 10.7. The van der Waals surface area contributed by atoms with E-state index in [2.05, 4.69) is 15.6 Å². The van der Waals surface area contributed by atoms with Gasteiger partial charge in [-0.2, -0.15) is 5.26 Å². The van der Waals surface area contributed by atoms with E-state index in [9.17, 15) is 4.79 Å². The van der Waals surface area contributed by atoms with Crippen molar-refractivity contribution in [2.75, 3.05) is 5.32 Å². The SMILES string of the molecule is N#C/C(=C/Nc1cccnc1)C(=O)NCc1ccco1. The number of carbonyl (C=O) groups is 1. The molecule has 0 saturated heterocycles. The van der Waals surface area contributed by atoms with E-state index in [4.69, 9.17) is 9.68 Å². The maximum atomic E-state index is 11.8. The smallest absolute Gasteiger partial charge is 0.263 e. The summed E-state index contributed by atoms with van der Waals surface area (Å²) in [6.45, 7) is 0.234. The molecular weight excluding hydrogens is 256 g/mol. The fraction of sp³-hybridized carbons (Fsp3) is 0.0714. The van der Waals surface area contributed by atoms with Crippen molar-refractivity contribution < 1.29 is 9.21 Å². The van der Waals surface area contributed by atoms with Crippen molar-refractivity contribution in [3.8, 4) is 6.07 Å². The number of furan rings is 1. The van der Waals surface area contributed by atoms with Crippen LogP contribution in [0.1, 0.15) is 5.76 Å². The molecule has 0 bridgehead atoms. The van der Waals surface area contributed by atoms with Crippen LogP contribution in [-0.4, -0.2) is 10.9 Å². The van der Waals surface area contributed by atoms with Gasteiger partial charge in [-0.15, -0.1) is 0 Å². The third kappa shape index (κ3) is 3.71. The summed E-state index contributed by atoms with van der Waals surface area (Å²) in [4.78, 5) is 15.7. The van der Waals surface area contributed by atoms with Gasteiger partial charge in [0.05, 0.1) is 24.7 Å². The average Bonchev–Trinajstić information content (AvgIpc) is 3.00. The van der Waals surface area contributed by atoms with Crippen LogP contribution in [-0.2, 0) is 11.3 Å². The van der Waals surface area contributed by atoms with Crippen molar-refractivity contribution in [2.24, 2.45) is 0 Å². The minimum Gasteiger partial charge on any atom is -0.467 e. The van der Waals surface area contributed by atoms with Gasteiger partial charge in [0.15, 0.2) is 0 Å². The molecule has 2 rings (SSSR count). The fourth-order valence-electron chi connectivity index (χ4n) is 1.43. The number of nitriles is 1. The molecule has 2 N–H and O–H groups in total. The summed E-state index contributed by atoms with van der Waals surface area (Å²) < 4.78 is 5.09. The number of aromatic nitrogens is 1. The molecule has 0 atom stereocenters. The molecule has 6 heteroatoms. The Balaban J connectivity index is 1.93. The highest BCUT2D eigenvalue weighted by atomic mass is 16.3. The molecule has 0 aromatic carbocycles. The monoisotopic (exact) mass is 268 g/mol. The summed E-state index contributed by atoms with van der Waals surface area (Å²) >= 11 is 0. The lowest BCUT2D eigenvalue weighted by Gasteiger charge is -2.03. The van der Waals surface area contributed by atoms with E-state index in [-0.39, 0.29) is 12.1 Å². The number of nitrogens with zero attached hydrogens (tertiary/aromatic N) is 2. The van der Waals surface area contributed by atoms with E-state index in [1.165, 1.54) is 12.5 Å². The first-order valence-electron chi connectivity index (χ1n) is 5.87. The second-order valence-electron chi connectivity index (χ2n) is 3.82. The van der Waals surface area contributed by atoms with Gasteiger partial charge < -0.3 is 15.1 Å². The maximum Gasteiger partial charge on any atom is 0.263 e. The van der Waals surface area contributed by atoms with Gasteiger partial charge >= 0.3 is 0 Å².